The summed E-state index contributed by atoms with van der Waals surface area (Å²) in [7, 11) is 1.87. The van der Waals surface area contributed by atoms with E-state index in [4.69, 9.17) is 11.6 Å². The highest BCUT2D eigenvalue weighted by Gasteiger charge is 1.96. The molecule has 0 fully saturated rings. The lowest BCUT2D eigenvalue weighted by atomic mass is 10.2. The van der Waals surface area contributed by atoms with E-state index >= 15 is 0 Å². The highest BCUT2D eigenvalue weighted by atomic mass is 35.5. The summed E-state index contributed by atoms with van der Waals surface area (Å²) in [6.07, 6.45) is 3.59. The molecule has 0 saturated carbocycles. The second kappa shape index (κ2) is 5.55. The van der Waals surface area contributed by atoms with Crippen molar-refractivity contribution in [1.29, 1.82) is 0 Å². The third-order valence-corrected chi connectivity index (χ3v) is 2.69. The summed E-state index contributed by atoms with van der Waals surface area (Å²) in [6.45, 7) is 0.756. The summed E-state index contributed by atoms with van der Waals surface area (Å²) in [5, 5.41) is 7.12. The monoisotopic (exact) mass is 247 g/mol. The molecule has 17 heavy (non-hydrogen) atoms. The van der Waals surface area contributed by atoms with Gasteiger partial charge in [0.25, 0.3) is 0 Å². The first kappa shape index (κ1) is 11.7. The summed E-state index contributed by atoms with van der Waals surface area (Å²) < 4.78 is 0. The molecule has 88 valence electrons. The smallest absolute Gasteiger partial charge is 0.0550 e. The van der Waals surface area contributed by atoms with E-state index in [0.29, 0.717) is 0 Å². The second-order valence-electron chi connectivity index (χ2n) is 3.69. The Morgan fingerprint density at radius 3 is 2.53 bits per heavy atom. The van der Waals surface area contributed by atoms with Gasteiger partial charge in [0, 0.05) is 18.6 Å². The van der Waals surface area contributed by atoms with Gasteiger partial charge in [-0.3, -0.25) is 4.98 Å². The lowest BCUT2D eigenvalue weighted by Crippen LogP contribution is -2.00. The fourth-order valence-corrected chi connectivity index (χ4v) is 1.61. The number of halogens is 1. The molecule has 1 aromatic heterocycles. The number of hydrogen-bond acceptors (Lipinski definition) is 3. The highest BCUT2D eigenvalue weighted by Crippen LogP contribution is 2.14. The zero-order valence-electron chi connectivity index (χ0n) is 9.57. The van der Waals surface area contributed by atoms with Crippen LogP contribution in [0.15, 0.2) is 42.7 Å². The molecule has 3 nitrogen and oxygen atoms in total. The second-order valence-corrected chi connectivity index (χ2v) is 4.13. The van der Waals surface area contributed by atoms with Crippen molar-refractivity contribution in [1.82, 2.24) is 4.98 Å². The minimum atomic E-state index is 0.756. The van der Waals surface area contributed by atoms with Crippen LogP contribution in [0.4, 0.5) is 11.4 Å². The molecule has 0 unspecified atom stereocenters. The molecule has 0 spiro atoms. The van der Waals surface area contributed by atoms with E-state index in [1.54, 1.807) is 12.4 Å². The minimum Gasteiger partial charge on any atom is -0.387 e. The number of hydrogen-bond donors (Lipinski definition) is 2. The van der Waals surface area contributed by atoms with Crippen LogP contribution in [0.2, 0.25) is 5.02 Å². The molecule has 1 aromatic carbocycles. The van der Waals surface area contributed by atoms with Crippen molar-refractivity contribution in [2.24, 2.45) is 0 Å². The largest absolute Gasteiger partial charge is 0.387 e. The summed E-state index contributed by atoms with van der Waals surface area (Å²) in [5.74, 6) is 0. The molecule has 4 heteroatoms. The summed E-state index contributed by atoms with van der Waals surface area (Å²) >= 11 is 5.83. The molecule has 0 amide bonds. The summed E-state index contributed by atoms with van der Waals surface area (Å²) in [4.78, 5) is 4.14. The Morgan fingerprint density at radius 1 is 1.12 bits per heavy atom. The standard InChI is InChI=1S/C13H14ClN3/c1-15-12-6-13(9-16-8-12)17-7-10-2-4-11(14)5-3-10/h2-6,8-9,15,17H,7H2,1H3. The zero-order chi connectivity index (χ0) is 12.1. The van der Waals surface area contributed by atoms with Crippen molar-refractivity contribution < 1.29 is 0 Å². The lowest BCUT2D eigenvalue weighted by Gasteiger charge is -2.07. The maximum atomic E-state index is 5.83. The maximum absolute atomic E-state index is 5.83. The molecular weight excluding hydrogens is 234 g/mol. The van der Waals surface area contributed by atoms with Gasteiger partial charge in [-0.1, -0.05) is 23.7 Å². The fraction of sp³-hybridized carbons (Fsp3) is 0.154. The molecule has 2 rings (SSSR count). The Balaban J connectivity index is 1.99. The first-order valence-electron chi connectivity index (χ1n) is 5.39. The van der Waals surface area contributed by atoms with Crippen LogP contribution in [0.25, 0.3) is 0 Å². The SMILES string of the molecule is CNc1cncc(NCc2ccc(Cl)cc2)c1. The molecule has 2 aromatic rings. The van der Waals surface area contributed by atoms with Crippen LogP contribution in [0, 0.1) is 0 Å². The molecule has 0 radical (unpaired) electrons. The molecule has 1 heterocycles. The quantitative estimate of drug-likeness (QED) is 0.870. The Bertz CT molecular complexity index is 482. The van der Waals surface area contributed by atoms with E-state index in [1.807, 2.05) is 37.4 Å². The summed E-state index contributed by atoms with van der Waals surface area (Å²) in [5.41, 5.74) is 3.17. The molecule has 2 N–H and O–H groups in total. The van der Waals surface area contributed by atoms with Crippen molar-refractivity contribution >= 4 is 23.0 Å². The fourth-order valence-electron chi connectivity index (χ4n) is 1.48. The Kier molecular flexibility index (Phi) is 3.83. The first-order chi connectivity index (χ1) is 8.28. The van der Waals surface area contributed by atoms with Crippen LogP contribution in [0.3, 0.4) is 0 Å². The lowest BCUT2D eigenvalue weighted by molar-refractivity contribution is 1.14. The van der Waals surface area contributed by atoms with Crippen LogP contribution in [-0.4, -0.2) is 12.0 Å². The van der Waals surface area contributed by atoms with Gasteiger partial charge in [0.05, 0.1) is 23.8 Å². The number of nitrogens with zero attached hydrogens (tertiary/aromatic N) is 1. The molecule has 0 aliphatic heterocycles. The molecule has 0 saturated heterocycles. The molecule has 0 atom stereocenters. The number of pyridine rings is 1. The van der Waals surface area contributed by atoms with Gasteiger partial charge in [0.1, 0.15) is 0 Å². The van der Waals surface area contributed by atoms with Gasteiger partial charge in [-0.25, -0.2) is 0 Å². The van der Waals surface area contributed by atoms with Gasteiger partial charge in [-0.2, -0.15) is 0 Å². The van der Waals surface area contributed by atoms with Gasteiger partial charge in [0.15, 0.2) is 0 Å². The number of aromatic nitrogens is 1. The Labute approximate surface area is 106 Å². The minimum absolute atomic E-state index is 0.756. The topological polar surface area (TPSA) is 37.0 Å². The number of anilines is 2. The molecule has 0 aliphatic rings. The van der Waals surface area contributed by atoms with Gasteiger partial charge >= 0.3 is 0 Å². The van der Waals surface area contributed by atoms with E-state index < -0.39 is 0 Å². The van der Waals surface area contributed by atoms with Crippen LogP contribution in [-0.2, 0) is 6.54 Å². The molecular formula is C13H14ClN3. The zero-order valence-corrected chi connectivity index (χ0v) is 10.3. The van der Waals surface area contributed by atoms with Crippen molar-refractivity contribution in [2.45, 2.75) is 6.54 Å². The van der Waals surface area contributed by atoms with Crippen molar-refractivity contribution in [2.75, 3.05) is 17.7 Å². The van der Waals surface area contributed by atoms with E-state index in [2.05, 4.69) is 15.6 Å². The van der Waals surface area contributed by atoms with E-state index in [1.165, 1.54) is 5.56 Å². The molecule has 0 bridgehead atoms. The van der Waals surface area contributed by atoms with E-state index in [0.717, 1.165) is 22.9 Å². The van der Waals surface area contributed by atoms with Gasteiger partial charge in [0.2, 0.25) is 0 Å². The average Bonchev–Trinajstić information content (AvgIpc) is 2.38. The maximum Gasteiger partial charge on any atom is 0.0550 e. The third kappa shape index (κ3) is 3.36. The predicted octanol–water partition coefficient (Wildman–Crippen LogP) is 3.39. The number of nitrogens with one attached hydrogen (secondary N) is 2. The number of rotatable bonds is 4. The average molecular weight is 248 g/mol. The van der Waals surface area contributed by atoms with Gasteiger partial charge < -0.3 is 10.6 Å². The number of benzene rings is 1. The first-order valence-corrected chi connectivity index (χ1v) is 5.77. The Morgan fingerprint density at radius 2 is 1.82 bits per heavy atom. The van der Waals surface area contributed by atoms with Gasteiger partial charge in [-0.15, -0.1) is 0 Å². The molecule has 0 aliphatic carbocycles. The van der Waals surface area contributed by atoms with Gasteiger partial charge in [-0.05, 0) is 23.8 Å². The van der Waals surface area contributed by atoms with E-state index in [9.17, 15) is 0 Å². The third-order valence-electron chi connectivity index (χ3n) is 2.44. The van der Waals surface area contributed by atoms with Crippen LogP contribution >= 0.6 is 11.6 Å². The Hall–Kier alpha value is -1.74. The van der Waals surface area contributed by atoms with Crippen molar-refractivity contribution in [3.05, 3.63) is 53.3 Å². The normalized spacial score (nSPS) is 10.0. The van der Waals surface area contributed by atoms with Crippen molar-refractivity contribution in [3.63, 3.8) is 0 Å². The van der Waals surface area contributed by atoms with E-state index in [-0.39, 0.29) is 0 Å². The summed E-state index contributed by atoms with van der Waals surface area (Å²) in [6, 6.07) is 9.81. The highest BCUT2D eigenvalue weighted by molar-refractivity contribution is 6.30. The van der Waals surface area contributed by atoms with Crippen molar-refractivity contribution in [3.8, 4) is 0 Å². The van der Waals surface area contributed by atoms with Crippen LogP contribution < -0.4 is 10.6 Å². The van der Waals surface area contributed by atoms with Crippen LogP contribution in [0.1, 0.15) is 5.56 Å². The van der Waals surface area contributed by atoms with Crippen LogP contribution in [0.5, 0.6) is 0 Å². The predicted molar refractivity (Wildman–Crippen MR) is 72.6 cm³/mol.